The van der Waals surface area contributed by atoms with Crippen molar-refractivity contribution in [2.45, 2.75) is 0 Å². The van der Waals surface area contributed by atoms with Crippen LogP contribution in [0.15, 0.2) is 30.6 Å². The minimum atomic E-state index is -0.520. The summed E-state index contributed by atoms with van der Waals surface area (Å²) in [5.74, 6) is -0.323. The highest BCUT2D eigenvalue weighted by Gasteiger charge is 2.15. The molecule has 0 radical (unpaired) electrons. The predicted octanol–water partition coefficient (Wildman–Crippen LogP) is 1.11. The summed E-state index contributed by atoms with van der Waals surface area (Å²) in [6, 6.07) is 6.87. The van der Waals surface area contributed by atoms with Crippen LogP contribution >= 0.6 is 0 Å². The summed E-state index contributed by atoms with van der Waals surface area (Å²) in [5, 5.41) is 8.92. The number of methoxy groups -OCH3 is 1. The Labute approximate surface area is 103 Å². The number of nitrogens with two attached hydrogens (primary N) is 1. The quantitative estimate of drug-likeness (QED) is 0.628. The third kappa shape index (κ3) is 1.78. The van der Waals surface area contributed by atoms with Crippen molar-refractivity contribution >= 4 is 11.7 Å². The lowest BCUT2D eigenvalue weighted by Crippen LogP contribution is -2.09. The van der Waals surface area contributed by atoms with Crippen molar-refractivity contribution in [3.05, 3.63) is 42.0 Å². The first-order chi connectivity index (χ1) is 8.69. The summed E-state index contributed by atoms with van der Waals surface area (Å²) in [6.45, 7) is 0. The SMILES string of the molecule is COC(=O)c1cccc(-n2ccnc2C#N)c1N. The number of nitriles is 1. The van der Waals surface area contributed by atoms with Crippen molar-refractivity contribution in [2.75, 3.05) is 12.8 Å². The van der Waals surface area contributed by atoms with E-state index in [1.54, 1.807) is 24.4 Å². The fourth-order valence-corrected chi connectivity index (χ4v) is 1.63. The van der Waals surface area contributed by atoms with Crippen LogP contribution < -0.4 is 5.73 Å². The molecule has 0 spiro atoms. The first kappa shape index (κ1) is 11.7. The van der Waals surface area contributed by atoms with Gasteiger partial charge in [0.15, 0.2) is 0 Å². The van der Waals surface area contributed by atoms with Gasteiger partial charge in [-0.1, -0.05) is 6.07 Å². The lowest BCUT2D eigenvalue weighted by Gasteiger charge is -2.10. The number of imidazole rings is 1. The van der Waals surface area contributed by atoms with E-state index in [2.05, 4.69) is 9.72 Å². The monoisotopic (exact) mass is 242 g/mol. The molecule has 0 atom stereocenters. The molecule has 6 heteroatoms. The highest BCUT2D eigenvalue weighted by molar-refractivity contribution is 5.97. The largest absolute Gasteiger partial charge is 0.465 e. The van der Waals surface area contributed by atoms with Gasteiger partial charge >= 0.3 is 5.97 Å². The predicted molar refractivity (Wildman–Crippen MR) is 64.0 cm³/mol. The second-order valence-electron chi connectivity index (χ2n) is 3.46. The van der Waals surface area contributed by atoms with Crippen molar-refractivity contribution in [3.63, 3.8) is 0 Å². The summed E-state index contributed by atoms with van der Waals surface area (Å²) in [4.78, 5) is 15.4. The first-order valence-electron chi connectivity index (χ1n) is 5.09. The molecule has 1 aromatic heterocycles. The first-order valence-corrected chi connectivity index (χ1v) is 5.09. The van der Waals surface area contributed by atoms with Crippen molar-refractivity contribution < 1.29 is 9.53 Å². The van der Waals surface area contributed by atoms with Crippen LogP contribution in [0.1, 0.15) is 16.2 Å². The van der Waals surface area contributed by atoms with E-state index in [1.165, 1.54) is 17.9 Å². The van der Waals surface area contributed by atoms with E-state index in [4.69, 9.17) is 11.0 Å². The molecule has 0 aliphatic rings. The highest BCUT2D eigenvalue weighted by atomic mass is 16.5. The Morgan fingerprint density at radius 2 is 2.33 bits per heavy atom. The van der Waals surface area contributed by atoms with E-state index in [-0.39, 0.29) is 17.1 Å². The Balaban J connectivity index is 2.60. The van der Waals surface area contributed by atoms with Crippen LogP contribution in [0.2, 0.25) is 0 Å². The Bertz CT molecular complexity index is 640. The van der Waals surface area contributed by atoms with Crippen LogP contribution in [0, 0.1) is 11.3 Å². The molecule has 18 heavy (non-hydrogen) atoms. The number of anilines is 1. The third-order valence-corrected chi connectivity index (χ3v) is 2.49. The van der Waals surface area contributed by atoms with Gasteiger partial charge in [0.25, 0.3) is 0 Å². The van der Waals surface area contributed by atoms with Crippen molar-refractivity contribution in [2.24, 2.45) is 0 Å². The standard InChI is InChI=1S/C12H10N4O2/c1-18-12(17)8-3-2-4-9(11(8)14)16-6-5-15-10(16)7-13/h2-6H,14H2,1H3. The lowest BCUT2D eigenvalue weighted by molar-refractivity contribution is 0.0602. The van der Waals surface area contributed by atoms with Gasteiger partial charge in [0.2, 0.25) is 5.82 Å². The molecule has 0 saturated heterocycles. The van der Waals surface area contributed by atoms with Gasteiger partial charge in [-0.05, 0) is 12.1 Å². The number of ether oxygens (including phenoxy) is 1. The summed E-state index contributed by atoms with van der Waals surface area (Å²) >= 11 is 0. The molecule has 0 fully saturated rings. The van der Waals surface area contributed by atoms with Gasteiger partial charge in [0.05, 0.1) is 24.0 Å². The number of benzene rings is 1. The van der Waals surface area contributed by atoms with Crippen LogP contribution in [0.3, 0.4) is 0 Å². The van der Waals surface area contributed by atoms with E-state index < -0.39 is 5.97 Å². The summed E-state index contributed by atoms with van der Waals surface area (Å²) in [5.41, 5.74) is 6.94. The molecule has 0 aliphatic heterocycles. The maximum Gasteiger partial charge on any atom is 0.340 e. The Morgan fingerprint density at radius 1 is 1.56 bits per heavy atom. The number of carbonyl (C=O) groups is 1. The number of nitrogen functional groups attached to an aromatic ring is 1. The Hall–Kier alpha value is -2.81. The maximum atomic E-state index is 11.5. The molecule has 6 nitrogen and oxygen atoms in total. The molecule has 1 heterocycles. The van der Waals surface area contributed by atoms with Gasteiger partial charge in [-0.15, -0.1) is 0 Å². The fourth-order valence-electron chi connectivity index (χ4n) is 1.63. The molecule has 2 rings (SSSR count). The smallest absolute Gasteiger partial charge is 0.340 e. The van der Waals surface area contributed by atoms with Gasteiger partial charge in [0.1, 0.15) is 6.07 Å². The highest BCUT2D eigenvalue weighted by Crippen LogP contribution is 2.23. The van der Waals surface area contributed by atoms with Gasteiger partial charge in [-0.3, -0.25) is 4.57 Å². The number of aromatic nitrogens is 2. The normalized spacial score (nSPS) is 9.78. The zero-order valence-electron chi connectivity index (χ0n) is 9.62. The Morgan fingerprint density at radius 3 is 3.00 bits per heavy atom. The number of rotatable bonds is 2. The summed E-state index contributed by atoms with van der Waals surface area (Å²) in [7, 11) is 1.28. The number of hydrogen-bond donors (Lipinski definition) is 1. The molecule has 0 saturated carbocycles. The molecule has 90 valence electrons. The number of carbonyl (C=O) groups excluding carboxylic acids is 1. The molecule has 0 bridgehead atoms. The van der Waals surface area contributed by atoms with E-state index in [0.29, 0.717) is 5.69 Å². The average Bonchev–Trinajstić information content (AvgIpc) is 2.86. The molecule has 0 amide bonds. The molecule has 1 aromatic carbocycles. The van der Waals surface area contributed by atoms with Crippen molar-refractivity contribution in [3.8, 4) is 11.8 Å². The zero-order valence-corrected chi connectivity index (χ0v) is 9.62. The summed E-state index contributed by atoms with van der Waals surface area (Å²) < 4.78 is 6.15. The van der Waals surface area contributed by atoms with Gasteiger partial charge in [0, 0.05) is 12.4 Å². The van der Waals surface area contributed by atoms with E-state index in [0.717, 1.165) is 0 Å². The van der Waals surface area contributed by atoms with E-state index in [9.17, 15) is 4.79 Å². The lowest BCUT2D eigenvalue weighted by atomic mass is 10.1. The fraction of sp³-hybridized carbons (Fsp3) is 0.0833. The van der Waals surface area contributed by atoms with Crippen LogP contribution in [0.25, 0.3) is 5.69 Å². The molecular weight excluding hydrogens is 232 g/mol. The van der Waals surface area contributed by atoms with Crippen LogP contribution in [-0.4, -0.2) is 22.6 Å². The van der Waals surface area contributed by atoms with E-state index >= 15 is 0 Å². The second kappa shape index (κ2) is 4.59. The molecule has 2 N–H and O–H groups in total. The Kier molecular flexibility index (Phi) is 2.98. The van der Waals surface area contributed by atoms with Crippen molar-refractivity contribution in [1.29, 1.82) is 5.26 Å². The van der Waals surface area contributed by atoms with Gasteiger partial charge in [-0.2, -0.15) is 5.26 Å². The molecule has 0 unspecified atom stereocenters. The summed E-state index contributed by atoms with van der Waals surface area (Å²) in [6.07, 6.45) is 3.09. The van der Waals surface area contributed by atoms with Crippen LogP contribution in [0.5, 0.6) is 0 Å². The molecule has 2 aromatic rings. The maximum absolute atomic E-state index is 11.5. The van der Waals surface area contributed by atoms with Crippen LogP contribution in [-0.2, 0) is 4.74 Å². The molecular formula is C12H10N4O2. The average molecular weight is 242 g/mol. The number of nitrogens with zero attached hydrogens (tertiary/aromatic N) is 3. The topological polar surface area (TPSA) is 93.9 Å². The number of esters is 1. The van der Waals surface area contributed by atoms with Gasteiger partial charge in [-0.25, -0.2) is 9.78 Å². The number of hydrogen-bond acceptors (Lipinski definition) is 5. The van der Waals surface area contributed by atoms with Crippen molar-refractivity contribution in [1.82, 2.24) is 9.55 Å². The minimum absolute atomic E-state index is 0.198. The molecule has 0 aliphatic carbocycles. The van der Waals surface area contributed by atoms with E-state index in [1.807, 2.05) is 6.07 Å². The third-order valence-electron chi connectivity index (χ3n) is 2.49. The number of para-hydroxylation sites is 1. The van der Waals surface area contributed by atoms with Gasteiger partial charge < -0.3 is 10.5 Å². The van der Waals surface area contributed by atoms with Crippen LogP contribution in [0.4, 0.5) is 5.69 Å². The minimum Gasteiger partial charge on any atom is -0.465 e. The second-order valence-corrected chi connectivity index (χ2v) is 3.46. The zero-order chi connectivity index (χ0) is 13.1.